The number of nitrogens with zero attached hydrogens (tertiary/aromatic N) is 1. The van der Waals surface area contributed by atoms with Crippen molar-refractivity contribution >= 4 is 11.3 Å². The first kappa shape index (κ1) is 13.1. The van der Waals surface area contributed by atoms with Gasteiger partial charge in [0.2, 0.25) is 0 Å². The van der Waals surface area contributed by atoms with Gasteiger partial charge in [0.25, 0.3) is 0 Å². The highest BCUT2D eigenvalue weighted by molar-refractivity contribution is 7.09. The highest BCUT2D eigenvalue weighted by atomic mass is 32.1. The van der Waals surface area contributed by atoms with Gasteiger partial charge >= 0.3 is 0 Å². The second-order valence-corrected chi connectivity index (χ2v) is 4.77. The van der Waals surface area contributed by atoms with Gasteiger partial charge in [0.15, 0.2) is 0 Å². The number of nitrogens with two attached hydrogens (primary N) is 1. The minimum absolute atomic E-state index is 0.0572. The van der Waals surface area contributed by atoms with E-state index >= 15 is 0 Å². The molecule has 0 aliphatic rings. The van der Waals surface area contributed by atoms with Gasteiger partial charge in [-0.2, -0.15) is 0 Å². The molecule has 0 fully saturated rings. The Bertz CT molecular complexity index is 519. The van der Waals surface area contributed by atoms with Crippen LogP contribution < -0.4 is 5.73 Å². The van der Waals surface area contributed by atoms with E-state index in [1.807, 2.05) is 0 Å². The summed E-state index contributed by atoms with van der Waals surface area (Å²) < 4.78 is 26.5. The zero-order valence-corrected chi connectivity index (χ0v) is 10.2. The molecule has 1 heterocycles. The van der Waals surface area contributed by atoms with E-state index in [0.29, 0.717) is 4.88 Å². The SMILES string of the molecule is NCC(c1ccc(F)cc1F)C(O)c1cncs1. The molecule has 0 saturated carbocycles. The summed E-state index contributed by atoms with van der Waals surface area (Å²) in [6, 6.07) is 3.25. The minimum atomic E-state index is -0.942. The lowest BCUT2D eigenvalue weighted by molar-refractivity contribution is 0.149. The van der Waals surface area contributed by atoms with Crippen LogP contribution in [0.5, 0.6) is 0 Å². The molecule has 2 rings (SSSR count). The Hall–Kier alpha value is -1.37. The fraction of sp³-hybridized carbons (Fsp3) is 0.250. The molecule has 0 aliphatic heterocycles. The monoisotopic (exact) mass is 270 g/mol. The van der Waals surface area contributed by atoms with Crippen molar-refractivity contribution in [2.45, 2.75) is 12.0 Å². The van der Waals surface area contributed by atoms with Gasteiger partial charge in [0, 0.05) is 24.7 Å². The molecule has 0 amide bonds. The zero-order chi connectivity index (χ0) is 13.1. The first-order chi connectivity index (χ1) is 8.63. The molecule has 0 radical (unpaired) electrons. The van der Waals surface area contributed by atoms with Crippen molar-refractivity contribution in [2.75, 3.05) is 6.54 Å². The maximum Gasteiger partial charge on any atom is 0.129 e. The van der Waals surface area contributed by atoms with Gasteiger partial charge in [0.05, 0.1) is 16.5 Å². The van der Waals surface area contributed by atoms with Crippen molar-refractivity contribution in [3.8, 4) is 0 Å². The van der Waals surface area contributed by atoms with Crippen molar-refractivity contribution in [2.24, 2.45) is 5.73 Å². The number of hydrogen-bond donors (Lipinski definition) is 2. The molecule has 2 unspecified atom stereocenters. The van der Waals surface area contributed by atoms with Gasteiger partial charge in [-0.3, -0.25) is 4.98 Å². The normalized spacial score (nSPS) is 14.4. The number of thiazole rings is 1. The molecule has 1 aromatic carbocycles. The number of hydrogen-bond acceptors (Lipinski definition) is 4. The molecule has 2 atom stereocenters. The van der Waals surface area contributed by atoms with Crippen molar-refractivity contribution < 1.29 is 13.9 Å². The Morgan fingerprint density at radius 2 is 2.17 bits per heavy atom. The Labute approximate surface area is 107 Å². The lowest BCUT2D eigenvalue weighted by atomic mass is 9.92. The summed E-state index contributed by atoms with van der Waals surface area (Å²) in [5.41, 5.74) is 7.37. The molecule has 1 aromatic heterocycles. The molecular weight excluding hydrogens is 258 g/mol. The van der Waals surface area contributed by atoms with E-state index in [4.69, 9.17) is 5.73 Å². The van der Waals surface area contributed by atoms with Crippen LogP contribution >= 0.6 is 11.3 Å². The fourth-order valence-corrected chi connectivity index (χ4v) is 2.47. The van der Waals surface area contributed by atoms with E-state index in [1.165, 1.54) is 23.6 Å². The second kappa shape index (κ2) is 5.51. The number of aliphatic hydroxyl groups excluding tert-OH is 1. The Kier molecular flexibility index (Phi) is 4.00. The van der Waals surface area contributed by atoms with Crippen LogP contribution in [0.4, 0.5) is 8.78 Å². The van der Waals surface area contributed by atoms with Gasteiger partial charge < -0.3 is 10.8 Å². The summed E-state index contributed by atoms with van der Waals surface area (Å²) >= 11 is 1.27. The van der Waals surface area contributed by atoms with Crippen LogP contribution in [0.25, 0.3) is 0 Å². The highest BCUT2D eigenvalue weighted by Crippen LogP contribution is 2.33. The molecule has 96 valence electrons. The van der Waals surface area contributed by atoms with E-state index in [-0.39, 0.29) is 12.1 Å². The maximum atomic E-state index is 13.7. The summed E-state index contributed by atoms with van der Waals surface area (Å²) in [7, 11) is 0. The third kappa shape index (κ3) is 2.55. The van der Waals surface area contributed by atoms with Crippen LogP contribution in [-0.2, 0) is 0 Å². The molecule has 0 spiro atoms. The molecule has 6 heteroatoms. The number of aromatic nitrogens is 1. The zero-order valence-electron chi connectivity index (χ0n) is 9.38. The average molecular weight is 270 g/mol. The molecule has 3 N–H and O–H groups in total. The summed E-state index contributed by atoms with van der Waals surface area (Å²) in [6.45, 7) is 0.0572. The van der Waals surface area contributed by atoms with Crippen molar-refractivity contribution in [1.29, 1.82) is 0 Å². The Morgan fingerprint density at radius 1 is 1.39 bits per heavy atom. The van der Waals surface area contributed by atoms with Crippen LogP contribution in [0.2, 0.25) is 0 Å². The smallest absolute Gasteiger partial charge is 0.129 e. The van der Waals surface area contributed by atoms with Crippen molar-refractivity contribution in [3.05, 3.63) is 52.0 Å². The third-order valence-electron chi connectivity index (χ3n) is 2.74. The molecule has 0 bridgehead atoms. The number of rotatable bonds is 4. The molecule has 0 saturated heterocycles. The fourth-order valence-electron chi connectivity index (χ4n) is 1.80. The molecule has 18 heavy (non-hydrogen) atoms. The van der Waals surface area contributed by atoms with Crippen LogP contribution in [0, 0.1) is 11.6 Å². The summed E-state index contributed by atoms with van der Waals surface area (Å²) in [5.74, 6) is -1.97. The predicted octanol–water partition coefficient (Wildman–Crippen LogP) is 2.20. The molecule has 0 aliphatic carbocycles. The van der Waals surface area contributed by atoms with E-state index < -0.39 is 23.7 Å². The van der Waals surface area contributed by atoms with E-state index in [2.05, 4.69) is 4.98 Å². The summed E-state index contributed by atoms with van der Waals surface area (Å²) in [4.78, 5) is 4.46. The van der Waals surface area contributed by atoms with Crippen LogP contribution in [0.3, 0.4) is 0 Å². The van der Waals surface area contributed by atoms with Gasteiger partial charge in [-0.25, -0.2) is 8.78 Å². The van der Waals surface area contributed by atoms with Crippen LogP contribution in [-0.4, -0.2) is 16.6 Å². The Morgan fingerprint density at radius 3 is 2.72 bits per heavy atom. The second-order valence-electron chi connectivity index (χ2n) is 3.86. The average Bonchev–Trinajstić information content (AvgIpc) is 2.86. The standard InChI is InChI=1S/C12H12F2N2OS/c13-7-1-2-8(10(14)3-7)9(4-15)12(17)11-5-16-6-18-11/h1-3,5-6,9,12,17H,4,15H2. The predicted molar refractivity (Wildman–Crippen MR) is 65.2 cm³/mol. The van der Waals surface area contributed by atoms with Gasteiger partial charge in [-0.15, -0.1) is 11.3 Å². The van der Waals surface area contributed by atoms with E-state index in [0.717, 1.165) is 12.1 Å². The topological polar surface area (TPSA) is 59.1 Å². The lowest BCUT2D eigenvalue weighted by Gasteiger charge is -2.21. The maximum absolute atomic E-state index is 13.7. The first-order valence-electron chi connectivity index (χ1n) is 5.35. The molecule has 2 aromatic rings. The molecular formula is C12H12F2N2OS. The van der Waals surface area contributed by atoms with E-state index in [9.17, 15) is 13.9 Å². The third-order valence-corrected chi connectivity index (χ3v) is 3.59. The number of halogens is 2. The summed E-state index contributed by atoms with van der Waals surface area (Å²) in [6.07, 6.45) is 0.571. The van der Waals surface area contributed by atoms with Crippen molar-refractivity contribution in [3.63, 3.8) is 0 Å². The lowest BCUT2D eigenvalue weighted by Crippen LogP contribution is -2.20. The van der Waals surface area contributed by atoms with Gasteiger partial charge in [-0.1, -0.05) is 6.07 Å². The van der Waals surface area contributed by atoms with Gasteiger partial charge in [0.1, 0.15) is 11.6 Å². The van der Waals surface area contributed by atoms with Crippen LogP contribution in [0.15, 0.2) is 29.9 Å². The van der Waals surface area contributed by atoms with Crippen molar-refractivity contribution in [1.82, 2.24) is 4.98 Å². The Balaban J connectivity index is 2.33. The van der Waals surface area contributed by atoms with Gasteiger partial charge in [-0.05, 0) is 11.6 Å². The number of benzene rings is 1. The van der Waals surface area contributed by atoms with Crippen LogP contribution in [0.1, 0.15) is 22.5 Å². The van der Waals surface area contributed by atoms with E-state index in [1.54, 1.807) is 5.51 Å². The minimum Gasteiger partial charge on any atom is -0.387 e. The highest BCUT2D eigenvalue weighted by Gasteiger charge is 2.25. The summed E-state index contributed by atoms with van der Waals surface area (Å²) in [5, 5.41) is 10.1. The quantitative estimate of drug-likeness (QED) is 0.895. The molecule has 3 nitrogen and oxygen atoms in total. The largest absolute Gasteiger partial charge is 0.387 e. The number of aliphatic hydroxyl groups is 1. The first-order valence-corrected chi connectivity index (χ1v) is 6.23.